The number of carbonyl (C=O) groups is 1. The second-order valence-corrected chi connectivity index (χ2v) is 6.06. The van der Waals surface area contributed by atoms with Crippen LogP contribution in [0.4, 0.5) is 0 Å². The normalized spacial score (nSPS) is 11.3. The van der Waals surface area contributed by atoms with Crippen LogP contribution in [0.15, 0.2) is 42.5 Å². The number of aromatic nitrogens is 2. The maximum absolute atomic E-state index is 11.1. The predicted octanol–water partition coefficient (Wildman–Crippen LogP) is -0.719. The average Bonchev–Trinajstić information content (AvgIpc) is 3.01. The van der Waals surface area contributed by atoms with E-state index in [0.717, 1.165) is 11.3 Å². The Morgan fingerprint density at radius 2 is 1.74 bits per heavy atom. The highest BCUT2D eigenvalue weighted by atomic mass is 31.2. The summed E-state index contributed by atoms with van der Waals surface area (Å²) >= 11 is 0. The van der Waals surface area contributed by atoms with Crippen molar-refractivity contribution in [1.82, 2.24) is 9.97 Å². The summed E-state index contributed by atoms with van der Waals surface area (Å²) in [7, 11) is -3.77. The molecule has 0 saturated heterocycles. The van der Waals surface area contributed by atoms with E-state index >= 15 is 0 Å². The summed E-state index contributed by atoms with van der Waals surface area (Å²) < 4.78 is 13.7. The van der Waals surface area contributed by atoms with Crippen molar-refractivity contribution in [1.29, 1.82) is 0 Å². The lowest BCUT2D eigenvalue weighted by atomic mass is 10.2. The largest absolute Gasteiger partial charge is 0.822 e. The van der Waals surface area contributed by atoms with Crippen LogP contribution in [0.2, 0.25) is 0 Å². The lowest BCUT2D eigenvalue weighted by Gasteiger charge is -2.36. The van der Waals surface area contributed by atoms with Gasteiger partial charge >= 0.3 is 0 Å². The fraction of sp³-hybridized carbons (Fsp3) is 0.0588. The maximum Gasteiger partial charge on any atom is 0.131 e. The van der Waals surface area contributed by atoms with E-state index in [1.165, 1.54) is 6.07 Å². The molecule has 3 rings (SSSR count). The molecule has 0 spiro atoms. The number of H-pyrrole nitrogens is 1. The molecular formula is C17H13N2O7P-4. The van der Waals surface area contributed by atoms with Crippen molar-refractivity contribution in [2.75, 3.05) is 7.11 Å². The first kappa shape index (κ1) is 20.3. The fourth-order valence-electron chi connectivity index (χ4n) is 2.19. The second kappa shape index (κ2) is 8.61. The third-order valence-electron chi connectivity index (χ3n) is 3.30. The fourth-order valence-corrected chi connectivity index (χ4v) is 2.19. The van der Waals surface area contributed by atoms with Gasteiger partial charge in [-0.1, -0.05) is 30.3 Å². The van der Waals surface area contributed by atoms with E-state index < -0.39 is 13.8 Å². The number of ether oxygens (including phenoxy) is 1. The van der Waals surface area contributed by atoms with Gasteiger partial charge in [-0.15, -0.1) is 0 Å². The van der Waals surface area contributed by atoms with Gasteiger partial charge in [-0.2, -0.15) is 7.82 Å². The van der Waals surface area contributed by atoms with Crippen LogP contribution in [0, 0.1) is 0 Å². The molecule has 0 bridgehead atoms. The standard InChI is InChI=1S/C17H14N2O3.H3O4P/c1-22-12-8-5-11(6-9-12)7-10-15-18-14-4-2-3-13(17(20)21)16(14)19-15;1-5(2,3)4/h2-10H,1H3,(H,18,19)(H,20,21);(H3,1,2,3,4)/p-4/b10-7+;. The van der Waals surface area contributed by atoms with Crippen LogP contribution in [-0.2, 0) is 4.57 Å². The monoisotopic (exact) mass is 388 g/mol. The third-order valence-corrected chi connectivity index (χ3v) is 3.30. The van der Waals surface area contributed by atoms with Crippen LogP contribution in [0.5, 0.6) is 5.75 Å². The number of carboxylic acid groups (broad SMARTS) is 1. The number of nitrogens with one attached hydrogen (secondary N) is 1. The third kappa shape index (κ3) is 6.36. The van der Waals surface area contributed by atoms with Gasteiger partial charge in [-0.05, 0) is 29.8 Å². The first-order valence-corrected chi connectivity index (χ1v) is 8.88. The Kier molecular flexibility index (Phi) is 6.49. The number of rotatable bonds is 4. The zero-order chi connectivity index (χ0) is 20.0. The van der Waals surface area contributed by atoms with Crippen molar-refractivity contribution in [3.05, 3.63) is 59.4 Å². The molecule has 10 heteroatoms. The van der Waals surface area contributed by atoms with Crippen LogP contribution < -0.4 is 24.5 Å². The first-order valence-electron chi connectivity index (χ1n) is 7.42. The number of carbonyl (C=O) groups excluding carboxylic acids is 1. The number of para-hydroxylation sites is 1. The number of hydrogen-bond donors (Lipinski definition) is 1. The molecule has 9 nitrogen and oxygen atoms in total. The minimum atomic E-state index is -5.39. The van der Waals surface area contributed by atoms with E-state index in [0.29, 0.717) is 16.9 Å². The van der Waals surface area contributed by atoms with Crippen molar-refractivity contribution in [2.45, 2.75) is 0 Å². The molecular weight excluding hydrogens is 375 g/mol. The van der Waals surface area contributed by atoms with E-state index in [1.54, 1.807) is 25.3 Å². The molecule has 0 saturated carbocycles. The van der Waals surface area contributed by atoms with Crippen molar-refractivity contribution >= 4 is 37.0 Å². The number of hydrogen-bond acceptors (Lipinski definition) is 8. The van der Waals surface area contributed by atoms with Crippen molar-refractivity contribution in [3.63, 3.8) is 0 Å². The zero-order valence-electron chi connectivity index (χ0n) is 13.9. The minimum Gasteiger partial charge on any atom is -0.822 e. The molecule has 142 valence electrons. The van der Waals surface area contributed by atoms with Gasteiger partial charge in [0.1, 0.15) is 11.6 Å². The molecule has 1 N–H and O–H groups in total. The van der Waals surface area contributed by atoms with Crippen LogP contribution in [-0.4, -0.2) is 23.0 Å². The molecule has 0 aliphatic rings. The van der Waals surface area contributed by atoms with Crippen LogP contribution in [0.3, 0.4) is 0 Å². The van der Waals surface area contributed by atoms with Crippen LogP contribution in [0.1, 0.15) is 21.7 Å². The molecule has 27 heavy (non-hydrogen) atoms. The SMILES string of the molecule is COc1ccc(/C=C/c2nc3c(C(=O)[O-])cccc3[nH]2)cc1.O=P([O-])([O-])[O-]. The number of carboxylic acids is 1. The van der Waals surface area contributed by atoms with Gasteiger partial charge in [0.25, 0.3) is 0 Å². The van der Waals surface area contributed by atoms with Gasteiger partial charge in [0.15, 0.2) is 0 Å². The molecule has 0 unspecified atom stereocenters. The van der Waals surface area contributed by atoms with Gasteiger partial charge in [-0.25, -0.2) is 4.98 Å². The van der Waals surface area contributed by atoms with Gasteiger partial charge < -0.3 is 38.9 Å². The molecule has 2 aromatic carbocycles. The van der Waals surface area contributed by atoms with Gasteiger partial charge in [0, 0.05) is 5.56 Å². The van der Waals surface area contributed by atoms with Gasteiger partial charge in [0.05, 0.1) is 24.1 Å². The summed E-state index contributed by atoms with van der Waals surface area (Å²) in [6, 6.07) is 12.5. The zero-order valence-corrected chi connectivity index (χ0v) is 14.8. The molecule has 0 fully saturated rings. The Labute approximate surface area is 153 Å². The smallest absolute Gasteiger partial charge is 0.131 e. The minimum absolute atomic E-state index is 0.0813. The summed E-state index contributed by atoms with van der Waals surface area (Å²) in [4.78, 5) is 44.1. The lowest BCUT2D eigenvalue weighted by Crippen LogP contribution is -2.24. The molecule has 0 radical (unpaired) electrons. The first-order chi connectivity index (χ1) is 12.7. The van der Waals surface area contributed by atoms with Crippen molar-refractivity contribution < 1.29 is 33.9 Å². The average molecular weight is 388 g/mol. The summed E-state index contributed by atoms with van der Waals surface area (Å²) in [5, 5.41) is 11.1. The highest BCUT2D eigenvalue weighted by Gasteiger charge is 2.06. The lowest BCUT2D eigenvalue weighted by molar-refractivity contribution is -0.432. The number of aromatic carboxylic acids is 1. The number of methoxy groups -OCH3 is 1. The summed E-state index contributed by atoms with van der Waals surface area (Å²) in [5.74, 6) is 0.141. The Balaban J connectivity index is 0.000000465. The van der Waals surface area contributed by atoms with E-state index in [2.05, 4.69) is 9.97 Å². The van der Waals surface area contributed by atoms with Crippen molar-refractivity contribution in [3.8, 4) is 5.75 Å². The Morgan fingerprint density at radius 1 is 1.11 bits per heavy atom. The molecule has 0 atom stereocenters. The van der Waals surface area contributed by atoms with E-state index in [1.807, 2.05) is 30.3 Å². The quantitative estimate of drug-likeness (QED) is 0.572. The Hall–Kier alpha value is -2.97. The maximum atomic E-state index is 11.1. The summed E-state index contributed by atoms with van der Waals surface area (Å²) in [6.45, 7) is 0. The van der Waals surface area contributed by atoms with Crippen LogP contribution in [0.25, 0.3) is 23.2 Å². The molecule has 0 aliphatic heterocycles. The number of nitrogens with zero attached hydrogens (tertiary/aromatic N) is 1. The number of benzene rings is 2. The Morgan fingerprint density at radius 3 is 2.30 bits per heavy atom. The molecule has 0 aliphatic carbocycles. The molecule has 1 heterocycles. The van der Waals surface area contributed by atoms with Gasteiger partial charge in [-0.3, -0.25) is 0 Å². The topological polar surface area (TPSA) is 164 Å². The number of phosphoric acid groups is 1. The van der Waals surface area contributed by atoms with Gasteiger partial charge in [0.2, 0.25) is 0 Å². The Bertz CT molecular complexity index is 998. The molecule has 3 aromatic rings. The number of imidazole rings is 1. The second-order valence-electron chi connectivity index (χ2n) is 5.16. The summed E-state index contributed by atoms with van der Waals surface area (Å²) in [6.07, 6.45) is 3.68. The van der Waals surface area contributed by atoms with E-state index in [-0.39, 0.29) is 5.56 Å². The summed E-state index contributed by atoms with van der Waals surface area (Å²) in [5.41, 5.74) is 2.13. The molecule has 1 aromatic heterocycles. The number of fused-ring (bicyclic) bond motifs is 1. The number of aromatic amines is 1. The van der Waals surface area contributed by atoms with E-state index in [4.69, 9.17) is 24.0 Å². The van der Waals surface area contributed by atoms with Crippen LogP contribution >= 0.6 is 7.82 Å². The highest BCUT2D eigenvalue weighted by molar-refractivity contribution is 7.40. The highest BCUT2D eigenvalue weighted by Crippen LogP contribution is 2.18. The van der Waals surface area contributed by atoms with E-state index in [9.17, 15) is 9.90 Å². The predicted molar refractivity (Wildman–Crippen MR) is 90.0 cm³/mol. The van der Waals surface area contributed by atoms with Crippen molar-refractivity contribution in [2.24, 2.45) is 0 Å². The molecule has 0 amide bonds.